The first-order valence-electron chi connectivity index (χ1n) is 4.89. The van der Waals surface area contributed by atoms with E-state index in [0.717, 1.165) is 3.77 Å². The molecule has 0 atom stereocenters. The van der Waals surface area contributed by atoms with E-state index in [1.54, 1.807) is 30.3 Å². The molecule has 0 fully saturated rings. The molecule has 0 spiro atoms. The van der Waals surface area contributed by atoms with Gasteiger partial charge >= 0.3 is 0 Å². The predicted octanol–water partition coefficient (Wildman–Crippen LogP) is 2.65. The molecule has 0 radical (unpaired) electrons. The van der Waals surface area contributed by atoms with Crippen molar-refractivity contribution in [2.45, 2.75) is 0 Å². The van der Waals surface area contributed by atoms with Crippen molar-refractivity contribution in [1.82, 2.24) is 5.43 Å². The van der Waals surface area contributed by atoms with Gasteiger partial charge in [-0.25, -0.2) is 5.43 Å². The summed E-state index contributed by atoms with van der Waals surface area (Å²) >= 11 is 2.06. The molecule has 0 aliphatic rings. The van der Waals surface area contributed by atoms with Crippen LogP contribution in [0, 0.1) is 3.77 Å². The lowest BCUT2D eigenvalue weighted by molar-refractivity contribution is 0.0955. The molecular formula is C12H9IN2O2. The number of carbonyl (C=O) groups excluding carboxylic acids is 1. The van der Waals surface area contributed by atoms with Gasteiger partial charge < -0.3 is 4.42 Å². The zero-order valence-corrected chi connectivity index (χ0v) is 10.9. The zero-order valence-electron chi connectivity index (χ0n) is 8.76. The number of nitrogens with zero attached hydrogens (tertiary/aromatic N) is 1. The van der Waals surface area contributed by atoms with E-state index >= 15 is 0 Å². The minimum atomic E-state index is -0.247. The molecule has 0 saturated heterocycles. The van der Waals surface area contributed by atoms with E-state index in [1.165, 1.54) is 6.21 Å². The summed E-state index contributed by atoms with van der Waals surface area (Å²) in [6.45, 7) is 0. The van der Waals surface area contributed by atoms with Gasteiger partial charge in [-0.3, -0.25) is 4.79 Å². The van der Waals surface area contributed by atoms with E-state index in [4.69, 9.17) is 4.42 Å². The summed E-state index contributed by atoms with van der Waals surface area (Å²) in [6.07, 6.45) is 1.46. The second-order valence-electron chi connectivity index (χ2n) is 3.21. The van der Waals surface area contributed by atoms with Gasteiger partial charge in [0.05, 0.1) is 6.21 Å². The van der Waals surface area contributed by atoms with Crippen molar-refractivity contribution in [3.05, 3.63) is 57.6 Å². The third-order valence-corrected chi connectivity index (χ3v) is 2.57. The van der Waals surface area contributed by atoms with E-state index in [1.807, 2.05) is 12.1 Å². The largest absolute Gasteiger partial charge is 0.449 e. The van der Waals surface area contributed by atoms with Crippen LogP contribution in [0.4, 0.5) is 0 Å². The molecule has 5 heteroatoms. The number of carbonyl (C=O) groups is 1. The van der Waals surface area contributed by atoms with Crippen LogP contribution in [0.15, 0.2) is 52.0 Å². The Balaban J connectivity index is 1.95. The third kappa shape index (κ3) is 3.42. The molecule has 1 heterocycles. The van der Waals surface area contributed by atoms with Gasteiger partial charge in [-0.1, -0.05) is 18.2 Å². The summed E-state index contributed by atoms with van der Waals surface area (Å²) in [4.78, 5) is 11.6. The number of nitrogens with one attached hydrogen (secondary N) is 1. The highest BCUT2D eigenvalue weighted by Gasteiger charge is 2.01. The van der Waals surface area contributed by atoms with Crippen LogP contribution >= 0.6 is 22.6 Å². The van der Waals surface area contributed by atoms with Gasteiger partial charge in [-0.15, -0.1) is 0 Å². The van der Waals surface area contributed by atoms with Gasteiger partial charge in [0.15, 0.2) is 3.77 Å². The Morgan fingerprint density at radius 2 is 2.00 bits per heavy atom. The first-order chi connectivity index (χ1) is 8.25. The molecule has 2 aromatic rings. The number of furan rings is 1. The standard InChI is InChI=1S/C12H9IN2O2/c13-11-7-6-10(17-11)8-14-15-12(16)9-4-2-1-3-5-9/h1-8H,(H,15,16)/b14-8-. The fourth-order valence-corrected chi connectivity index (χ4v) is 1.64. The van der Waals surface area contributed by atoms with Crippen LogP contribution in [0.5, 0.6) is 0 Å². The highest BCUT2D eigenvalue weighted by atomic mass is 127. The second kappa shape index (κ2) is 5.62. The maximum absolute atomic E-state index is 11.6. The Morgan fingerprint density at radius 3 is 2.65 bits per heavy atom. The molecule has 0 saturated carbocycles. The molecule has 1 aromatic carbocycles. The number of hydrazone groups is 1. The van der Waals surface area contributed by atoms with Crippen LogP contribution in [0.1, 0.15) is 16.1 Å². The SMILES string of the molecule is O=C(N/N=C\c1ccc(I)o1)c1ccccc1. The van der Waals surface area contributed by atoms with Crippen molar-refractivity contribution < 1.29 is 9.21 Å². The molecule has 0 aliphatic carbocycles. The molecule has 0 unspecified atom stereocenters. The van der Waals surface area contributed by atoms with Crippen LogP contribution in [0.2, 0.25) is 0 Å². The van der Waals surface area contributed by atoms with Gasteiger partial charge in [0.25, 0.3) is 5.91 Å². The molecule has 0 bridgehead atoms. The summed E-state index contributed by atoms with van der Waals surface area (Å²) in [5.41, 5.74) is 2.99. The molecule has 4 nitrogen and oxygen atoms in total. The first-order valence-corrected chi connectivity index (χ1v) is 5.97. The minimum Gasteiger partial charge on any atom is -0.449 e. The maximum Gasteiger partial charge on any atom is 0.271 e. The Hall–Kier alpha value is -1.63. The molecule has 1 N–H and O–H groups in total. The second-order valence-corrected chi connectivity index (χ2v) is 4.27. The third-order valence-electron chi connectivity index (χ3n) is 1.99. The van der Waals surface area contributed by atoms with Crippen LogP contribution in [0.25, 0.3) is 0 Å². The fourth-order valence-electron chi connectivity index (χ4n) is 1.21. The predicted molar refractivity (Wildman–Crippen MR) is 72.9 cm³/mol. The summed E-state index contributed by atoms with van der Waals surface area (Å²) in [5, 5.41) is 3.81. The van der Waals surface area contributed by atoms with Gasteiger partial charge in [0.1, 0.15) is 5.76 Å². The Labute approximate surface area is 112 Å². The smallest absolute Gasteiger partial charge is 0.271 e. The van der Waals surface area contributed by atoms with Gasteiger partial charge in [-0.2, -0.15) is 5.10 Å². The number of hydrogen-bond donors (Lipinski definition) is 1. The lowest BCUT2D eigenvalue weighted by atomic mass is 10.2. The molecule has 17 heavy (non-hydrogen) atoms. The van der Waals surface area contributed by atoms with Crippen LogP contribution in [-0.2, 0) is 0 Å². The van der Waals surface area contributed by atoms with Crippen LogP contribution in [-0.4, -0.2) is 12.1 Å². The van der Waals surface area contributed by atoms with Crippen molar-refractivity contribution in [3.8, 4) is 0 Å². The van der Waals surface area contributed by atoms with Gasteiger partial charge in [0, 0.05) is 5.56 Å². The summed E-state index contributed by atoms with van der Waals surface area (Å²) in [5.74, 6) is 0.353. The lowest BCUT2D eigenvalue weighted by Crippen LogP contribution is -2.17. The normalized spacial score (nSPS) is 10.6. The number of amides is 1. The molecule has 0 aliphatic heterocycles. The van der Waals surface area contributed by atoms with Crippen LogP contribution < -0.4 is 5.43 Å². The monoisotopic (exact) mass is 340 g/mol. The lowest BCUT2D eigenvalue weighted by Gasteiger charge is -1.97. The first kappa shape index (κ1) is 11.8. The number of benzene rings is 1. The van der Waals surface area contributed by atoms with Gasteiger partial charge in [-0.05, 0) is 46.9 Å². The Kier molecular flexibility index (Phi) is 3.92. The number of rotatable bonds is 3. The highest BCUT2D eigenvalue weighted by Crippen LogP contribution is 2.07. The van der Waals surface area contributed by atoms with E-state index < -0.39 is 0 Å². The average Bonchev–Trinajstić information content (AvgIpc) is 2.76. The molecule has 86 valence electrons. The van der Waals surface area contributed by atoms with E-state index in [0.29, 0.717) is 11.3 Å². The molecule has 1 aromatic heterocycles. The topological polar surface area (TPSA) is 54.6 Å². The van der Waals surface area contributed by atoms with E-state index in [2.05, 4.69) is 33.1 Å². The highest BCUT2D eigenvalue weighted by molar-refractivity contribution is 14.1. The average molecular weight is 340 g/mol. The van der Waals surface area contributed by atoms with Crippen molar-refractivity contribution in [2.75, 3.05) is 0 Å². The maximum atomic E-state index is 11.6. The fraction of sp³-hybridized carbons (Fsp3) is 0. The quantitative estimate of drug-likeness (QED) is 0.531. The summed E-state index contributed by atoms with van der Waals surface area (Å²) < 4.78 is 6.03. The van der Waals surface area contributed by atoms with E-state index in [9.17, 15) is 4.79 Å². The van der Waals surface area contributed by atoms with E-state index in [-0.39, 0.29) is 5.91 Å². The number of halogens is 1. The molecule has 2 rings (SSSR count). The zero-order chi connectivity index (χ0) is 12.1. The minimum absolute atomic E-state index is 0.247. The van der Waals surface area contributed by atoms with Crippen LogP contribution in [0.3, 0.4) is 0 Å². The van der Waals surface area contributed by atoms with Crippen molar-refractivity contribution in [3.63, 3.8) is 0 Å². The summed E-state index contributed by atoms with van der Waals surface area (Å²) in [7, 11) is 0. The molecule has 1 amide bonds. The van der Waals surface area contributed by atoms with Crippen molar-refractivity contribution in [2.24, 2.45) is 5.10 Å². The number of hydrogen-bond acceptors (Lipinski definition) is 3. The van der Waals surface area contributed by atoms with Crippen molar-refractivity contribution in [1.29, 1.82) is 0 Å². The Morgan fingerprint density at radius 1 is 1.24 bits per heavy atom. The van der Waals surface area contributed by atoms with Crippen molar-refractivity contribution >= 4 is 34.7 Å². The van der Waals surface area contributed by atoms with Gasteiger partial charge in [0.2, 0.25) is 0 Å². The Bertz CT molecular complexity index is 534. The summed E-state index contributed by atoms with van der Waals surface area (Å²) in [6, 6.07) is 12.5. The molecular weight excluding hydrogens is 331 g/mol.